The average molecular weight is 286 g/mol. The van der Waals surface area contributed by atoms with E-state index in [2.05, 4.69) is 19.9 Å². The summed E-state index contributed by atoms with van der Waals surface area (Å²) in [6.45, 7) is 0.227. The molecule has 3 heterocycles. The van der Waals surface area contributed by atoms with E-state index in [4.69, 9.17) is 4.74 Å². The van der Waals surface area contributed by atoms with Crippen LogP contribution in [0.5, 0.6) is 0 Å². The molecule has 6 nitrogen and oxygen atoms in total. The van der Waals surface area contributed by atoms with Crippen LogP contribution in [0.25, 0.3) is 0 Å². The van der Waals surface area contributed by atoms with Crippen LogP contribution in [0, 0.1) is 0 Å². The van der Waals surface area contributed by atoms with Crippen molar-refractivity contribution in [2.45, 2.75) is 16.8 Å². The van der Waals surface area contributed by atoms with Crippen LogP contribution >= 0.6 is 11.8 Å². The van der Waals surface area contributed by atoms with Crippen LogP contribution in [0.2, 0.25) is 0 Å². The third-order valence-corrected chi connectivity index (χ3v) is 3.72. The molecule has 1 unspecified atom stereocenters. The first-order chi connectivity index (χ1) is 9.83. The van der Waals surface area contributed by atoms with Crippen molar-refractivity contribution in [1.82, 2.24) is 15.0 Å². The predicted molar refractivity (Wildman–Crippen MR) is 73.9 cm³/mol. The highest BCUT2D eigenvalue weighted by Crippen LogP contribution is 2.33. The van der Waals surface area contributed by atoms with E-state index in [9.17, 15) is 4.79 Å². The van der Waals surface area contributed by atoms with Gasteiger partial charge in [-0.05, 0) is 17.7 Å². The Morgan fingerprint density at radius 2 is 2.15 bits per heavy atom. The lowest BCUT2D eigenvalue weighted by Gasteiger charge is -2.15. The number of ether oxygens (including phenoxy) is 1. The first-order valence-corrected chi connectivity index (χ1v) is 6.77. The Kier molecular flexibility index (Phi) is 3.69. The van der Waals surface area contributed by atoms with Gasteiger partial charge >= 0.3 is 5.97 Å². The normalized spacial score (nSPS) is 16.5. The molecular weight excluding hydrogens is 276 g/mol. The monoisotopic (exact) mass is 286 g/mol. The molecule has 0 amide bonds. The van der Waals surface area contributed by atoms with Crippen LogP contribution in [0.3, 0.4) is 0 Å². The zero-order valence-electron chi connectivity index (χ0n) is 10.3. The Morgan fingerprint density at radius 3 is 3.00 bits per heavy atom. The first kappa shape index (κ1) is 12.7. The molecule has 1 aliphatic rings. The lowest BCUT2D eigenvalue weighted by molar-refractivity contribution is -0.142. The maximum Gasteiger partial charge on any atom is 0.325 e. The topological polar surface area (TPSA) is 77.3 Å². The summed E-state index contributed by atoms with van der Waals surface area (Å²) >= 11 is 1.34. The highest BCUT2D eigenvalue weighted by Gasteiger charge is 2.24. The van der Waals surface area contributed by atoms with Crippen molar-refractivity contribution in [1.29, 1.82) is 0 Å². The van der Waals surface area contributed by atoms with Gasteiger partial charge in [-0.1, -0.05) is 11.8 Å². The Hall–Kier alpha value is -2.28. The second-order valence-electron chi connectivity index (χ2n) is 3.99. The van der Waals surface area contributed by atoms with E-state index in [1.165, 1.54) is 18.1 Å². The number of esters is 1. The van der Waals surface area contributed by atoms with Gasteiger partial charge in [-0.2, -0.15) is 0 Å². The Morgan fingerprint density at radius 1 is 1.30 bits per heavy atom. The number of hydrogen-bond acceptors (Lipinski definition) is 7. The van der Waals surface area contributed by atoms with E-state index >= 15 is 0 Å². The third kappa shape index (κ3) is 2.83. The highest BCUT2D eigenvalue weighted by molar-refractivity contribution is 8.01. The zero-order chi connectivity index (χ0) is 13.8. The Balaban J connectivity index is 1.62. The average Bonchev–Trinajstić information content (AvgIpc) is 2.53. The van der Waals surface area contributed by atoms with Crippen molar-refractivity contribution in [3.63, 3.8) is 0 Å². The molecule has 2 aromatic heterocycles. The number of hydrogen-bond donors (Lipinski definition) is 0. The SMILES string of the molecule is O=C(OCc1ccncc1)C1C=Nc2ncncc2S1. The molecule has 0 N–H and O–H groups in total. The molecule has 3 rings (SSSR count). The van der Waals surface area contributed by atoms with Crippen molar-refractivity contribution in [3.05, 3.63) is 42.6 Å². The van der Waals surface area contributed by atoms with Gasteiger partial charge in [0.05, 0.1) is 4.90 Å². The maximum atomic E-state index is 12.0. The van der Waals surface area contributed by atoms with Crippen molar-refractivity contribution in [2.75, 3.05) is 0 Å². The van der Waals surface area contributed by atoms with Gasteiger partial charge in [0.2, 0.25) is 0 Å². The number of pyridine rings is 1. The van der Waals surface area contributed by atoms with Crippen LogP contribution in [0.15, 0.2) is 46.9 Å². The smallest absolute Gasteiger partial charge is 0.325 e. The molecule has 2 aromatic rings. The largest absolute Gasteiger partial charge is 0.460 e. The summed E-state index contributed by atoms with van der Waals surface area (Å²) in [6, 6.07) is 3.61. The number of rotatable bonds is 3. The van der Waals surface area contributed by atoms with E-state index in [0.717, 1.165) is 10.5 Å². The van der Waals surface area contributed by atoms with Crippen LogP contribution in [-0.4, -0.2) is 32.4 Å². The van der Waals surface area contributed by atoms with Crippen LogP contribution in [-0.2, 0) is 16.1 Å². The number of aliphatic imine (C=N–C) groups is 1. The van der Waals surface area contributed by atoms with Crippen molar-refractivity contribution < 1.29 is 9.53 Å². The quantitative estimate of drug-likeness (QED) is 0.801. The van der Waals surface area contributed by atoms with Crippen LogP contribution < -0.4 is 0 Å². The molecule has 1 aliphatic heterocycles. The van der Waals surface area contributed by atoms with Gasteiger partial charge in [0.25, 0.3) is 0 Å². The molecular formula is C13H10N4O2S. The van der Waals surface area contributed by atoms with E-state index in [0.29, 0.717) is 5.82 Å². The lowest BCUT2D eigenvalue weighted by Crippen LogP contribution is -2.23. The summed E-state index contributed by atoms with van der Waals surface area (Å²) in [5.74, 6) is 0.258. The van der Waals surface area contributed by atoms with Gasteiger partial charge in [0.1, 0.15) is 18.2 Å². The second kappa shape index (κ2) is 5.79. The standard InChI is InChI=1S/C13H10N4O2S/c18-13(19-7-9-1-3-14-4-2-9)11-6-16-12-10(20-11)5-15-8-17-12/h1-6,8,11H,7H2. The molecule has 0 bridgehead atoms. The van der Waals surface area contributed by atoms with Crippen molar-refractivity contribution >= 4 is 29.8 Å². The second-order valence-corrected chi connectivity index (χ2v) is 5.17. The fraction of sp³-hybridized carbons (Fsp3) is 0.154. The number of carbonyl (C=O) groups excluding carboxylic acids is 1. The highest BCUT2D eigenvalue weighted by atomic mass is 32.2. The number of fused-ring (bicyclic) bond motifs is 1. The molecule has 0 saturated carbocycles. The predicted octanol–water partition coefficient (Wildman–Crippen LogP) is 1.79. The third-order valence-electron chi connectivity index (χ3n) is 2.61. The molecule has 0 radical (unpaired) electrons. The maximum absolute atomic E-state index is 12.0. The Bertz CT molecular complexity index is 648. The number of thioether (sulfide) groups is 1. The van der Waals surface area contributed by atoms with Crippen molar-refractivity contribution in [3.8, 4) is 0 Å². The van der Waals surface area contributed by atoms with E-state index in [1.54, 1.807) is 36.9 Å². The van der Waals surface area contributed by atoms with E-state index in [1.807, 2.05) is 0 Å². The first-order valence-electron chi connectivity index (χ1n) is 5.89. The van der Waals surface area contributed by atoms with Gasteiger partial charge in [0, 0.05) is 24.8 Å². The van der Waals surface area contributed by atoms with Gasteiger partial charge in [-0.15, -0.1) is 0 Å². The summed E-state index contributed by atoms with van der Waals surface area (Å²) in [6.07, 6.45) is 7.95. The fourth-order valence-electron chi connectivity index (χ4n) is 1.62. The minimum atomic E-state index is -0.463. The fourth-order valence-corrected chi connectivity index (χ4v) is 2.51. The number of carbonyl (C=O) groups is 1. The number of nitrogens with zero attached hydrogens (tertiary/aromatic N) is 4. The summed E-state index contributed by atoms with van der Waals surface area (Å²) in [7, 11) is 0. The lowest BCUT2D eigenvalue weighted by atomic mass is 10.3. The molecule has 0 aliphatic carbocycles. The molecule has 0 aromatic carbocycles. The molecule has 100 valence electrons. The summed E-state index contributed by atoms with van der Waals surface area (Å²) < 4.78 is 5.26. The summed E-state index contributed by atoms with van der Waals surface area (Å²) in [4.78, 5) is 28.8. The van der Waals surface area contributed by atoms with E-state index < -0.39 is 5.25 Å². The minimum absolute atomic E-state index is 0.227. The molecule has 0 fully saturated rings. The summed E-state index contributed by atoms with van der Waals surface area (Å²) in [5, 5.41) is -0.463. The van der Waals surface area contributed by atoms with Gasteiger partial charge in [0.15, 0.2) is 5.82 Å². The zero-order valence-corrected chi connectivity index (χ0v) is 11.2. The molecule has 20 heavy (non-hydrogen) atoms. The van der Waals surface area contributed by atoms with Gasteiger partial charge < -0.3 is 4.74 Å². The number of aromatic nitrogens is 3. The molecule has 7 heteroatoms. The van der Waals surface area contributed by atoms with Crippen LogP contribution in [0.1, 0.15) is 5.56 Å². The van der Waals surface area contributed by atoms with Gasteiger partial charge in [-0.3, -0.25) is 9.78 Å². The minimum Gasteiger partial charge on any atom is -0.460 e. The van der Waals surface area contributed by atoms with Gasteiger partial charge in [-0.25, -0.2) is 15.0 Å². The molecule has 1 atom stereocenters. The molecule has 0 spiro atoms. The Labute approximate surface area is 119 Å². The van der Waals surface area contributed by atoms with Crippen LogP contribution in [0.4, 0.5) is 5.82 Å². The van der Waals surface area contributed by atoms with Crippen molar-refractivity contribution in [2.24, 2.45) is 4.99 Å². The molecule has 0 saturated heterocycles. The van der Waals surface area contributed by atoms with E-state index in [-0.39, 0.29) is 12.6 Å². The summed E-state index contributed by atoms with van der Waals surface area (Å²) in [5.41, 5.74) is 0.898.